The summed E-state index contributed by atoms with van der Waals surface area (Å²) in [5, 5.41) is 3.57. The number of hydrogen-bond donors (Lipinski definition) is 1. The van der Waals surface area contributed by atoms with Gasteiger partial charge in [0.15, 0.2) is 0 Å². The molecule has 2 nitrogen and oxygen atoms in total. The lowest BCUT2D eigenvalue weighted by atomic mass is 10.1. The fourth-order valence-electron chi connectivity index (χ4n) is 2.77. The first-order valence-electron chi connectivity index (χ1n) is 6.84. The molecule has 0 fully saturated rings. The second-order valence-electron chi connectivity index (χ2n) is 5.00. The number of rotatable bonds is 5. The zero-order valence-electron chi connectivity index (χ0n) is 11.2. The van der Waals surface area contributed by atoms with Crippen LogP contribution in [0.5, 0.6) is 0 Å². The normalized spacial score (nSPS) is 20.4. The van der Waals surface area contributed by atoms with E-state index in [1.807, 2.05) is 0 Å². The molecule has 1 aliphatic heterocycles. The van der Waals surface area contributed by atoms with E-state index in [9.17, 15) is 0 Å². The lowest BCUT2D eigenvalue weighted by Crippen LogP contribution is -2.43. The number of fused-ring (bicyclic) bond motifs is 1. The summed E-state index contributed by atoms with van der Waals surface area (Å²) in [7, 11) is 0. The van der Waals surface area contributed by atoms with Gasteiger partial charge in [-0.05, 0) is 37.9 Å². The number of nitrogens with zero attached hydrogens (tertiary/aromatic N) is 1. The Morgan fingerprint density at radius 1 is 1.35 bits per heavy atom. The van der Waals surface area contributed by atoms with Gasteiger partial charge < -0.3 is 10.2 Å². The van der Waals surface area contributed by atoms with Crippen molar-refractivity contribution in [3.63, 3.8) is 0 Å². The Labute approximate surface area is 105 Å². The van der Waals surface area contributed by atoms with Crippen molar-refractivity contribution >= 4 is 5.69 Å². The van der Waals surface area contributed by atoms with E-state index in [2.05, 4.69) is 55.3 Å². The van der Waals surface area contributed by atoms with E-state index in [0.29, 0.717) is 12.1 Å². The van der Waals surface area contributed by atoms with Crippen molar-refractivity contribution in [2.75, 3.05) is 18.0 Å². The highest BCUT2D eigenvalue weighted by molar-refractivity contribution is 5.59. The third-order valence-electron chi connectivity index (χ3n) is 3.75. The van der Waals surface area contributed by atoms with Gasteiger partial charge in [-0.15, -0.1) is 0 Å². The molecule has 2 rings (SSSR count). The van der Waals surface area contributed by atoms with E-state index in [1.165, 1.54) is 24.1 Å². The maximum absolute atomic E-state index is 3.57. The van der Waals surface area contributed by atoms with Crippen LogP contribution in [0.1, 0.15) is 32.8 Å². The van der Waals surface area contributed by atoms with Crippen LogP contribution >= 0.6 is 0 Å². The van der Waals surface area contributed by atoms with Gasteiger partial charge >= 0.3 is 0 Å². The molecule has 2 unspecified atom stereocenters. The molecule has 2 atom stereocenters. The minimum atomic E-state index is 0.605. The second kappa shape index (κ2) is 5.54. The average Bonchev–Trinajstić information content (AvgIpc) is 2.65. The van der Waals surface area contributed by atoms with Crippen molar-refractivity contribution in [1.82, 2.24) is 5.32 Å². The zero-order chi connectivity index (χ0) is 12.3. The smallest absolute Gasteiger partial charge is 0.0402 e. The van der Waals surface area contributed by atoms with Gasteiger partial charge in [0.25, 0.3) is 0 Å². The first kappa shape index (κ1) is 12.4. The second-order valence-corrected chi connectivity index (χ2v) is 5.00. The van der Waals surface area contributed by atoms with Crippen LogP contribution in [0, 0.1) is 0 Å². The van der Waals surface area contributed by atoms with E-state index in [1.54, 1.807) is 0 Å². The van der Waals surface area contributed by atoms with Crippen LogP contribution in [0.25, 0.3) is 0 Å². The summed E-state index contributed by atoms with van der Waals surface area (Å²) in [4.78, 5) is 2.56. The Kier molecular flexibility index (Phi) is 4.06. The summed E-state index contributed by atoms with van der Waals surface area (Å²) < 4.78 is 0. The quantitative estimate of drug-likeness (QED) is 0.840. The van der Waals surface area contributed by atoms with Crippen LogP contribution in [-0.2, 0) is 6.42 Å². The summed E-state index contributed by atoms with van der Waals surface area (Å²) >= 11 is 0. The Morgan fingerprint density at radius 2 is 2.12 bits per heavy atom. The molecule has 0 amide bonds. The molecule has 1 aromatic carbocycles. The van der Waals surface area contributed by atoms with E-state index < -0.39 is 0 Å². The number of para-hydroxylation sites is 1. The molecule has 0 radical (unpaired) electrons. The lowest BCUT2D eigenvalue weighted by Gasteiger charge is -2.29. The third kappa shape index (κ3) is 2.63. The van der Waals surface area contributed by atoms with Gasteiger partial charge in [0, 0.05) is 24.3 Å². The molecule has 94 valence electrons. The van der Waals surface area contributed by atoms with Crippen LogP contribution in [0.4, 0.5) is 5.69 Å². The number of benzene rings is 1. The fourth-order valence-corrected chi connectivity index (χ4v) is 2.77. The number of likely N-dealkylation sites (N-methyl/N-ethyl adjacent to an activating group) is 1. The molecule has 0 bridgehead atoms. The highest BCUT2D eigenvalue weighted by Crippen LogP contribution is 2.31. The monoisotopic (exact) mass is 232 g/mol. The molecule has 0 saturated heterocycles. The molecule has 0 aromatic heterocycles. The zero-order valence-corrected chi connectivity index (χ0v) is 11.2. The lowest BCUT2D eigenvalue weighted by molar-refractivity contribution is 0.489. The highest BCUT2D eigenvalue weighted by Gasteiger charge is 2.26. The van der Waals surface area contributed by atoms with Gasteiger partial charge in [-0.25, -0.2) is 0 Å². The van der Waals surface area contributed by atoms with Crippen LogP contribution in [-0.4, -0.2) is 25.2 Å². The van der Waals surface area contributed by atoms with Gasteiger partial charge in [-0.1, -0.05) is 32.0 Å². The average molecular weight is 232 g/mol. The highest BCUT2D eigenvalue weighted by atomic mass is 15.2. The molecular weight excluding hydrogens is 208 g/mol. The molecule has 17 heavy (non-hydrogen) atoms. The topological polar surface area (TPSA) is 15.3 Å². The standard InChI is InChI=1S/C15H24N2/c1-4-14(16-5-2)11-17-12(3)10-13-8-6-7-9-15(13)17/h6-9,12,14,16H,4-5,10-11H2,1-3H3. The Balaban J connectivity index is 2.10. The molecule has 1 N–H and O–H groups in total. The minimum Gasteiger partial charge on any atom is -0.367 e. The van der Waals surface area contributed by atoms with E-state index >= 15 is 0 Å². The molecule has 0 spiro atoms. The molecular formula is C15H24N2. The van der Waals surface area contributed by atoms with Gasteiger partial charge in [-0.2, -0.15) is 0 Å². The fraction of sp³-hybridized carbons (Fsp3) is 0.600. The first-order chi connectivity index (χ1) is 8.26. The summed E-state index contributed by atoms with van der Waals surface area (Å²) in [5.41, 5.74) is 2.95. The van der Waals surface area contributed by atoms with Crippen LogP contribution in [0.2, 0.25) is 0 Å². The Bertz CT molecular complexity index is 362. The minimum absolute atomic E-state index is 0.605. The van der Waals surface area contributed by atoms with Crippen molar-refractivity contribution in [2.24, 2.45) is 0 Å². The predicted octanol–water partition coefficient (Wildman–Crippen LogP) is 2.83. The number of hydrogen-bond acceptors (Lipinski definition) is 2. The van der Waals surface area contributed by atoms with Crippen LogP contribution in [0.3, 0.4) is 0 Å². The summed E-state index contributed by atoms with van der Waals surface area (Å²) in [6.07, 6.45) is 2.39. The Hall–Kier alpha value is -1.02. The van der Waals surface area contributed by atoms with Crippen LogP contribution in [0.15, 0.2) is 24.3 Å². The number of nitrogens with one attached hydrogen (secondary N) is 1. The first-order valence-corrected chi connectivity index (χ1v) is 6.84. The largest absolute Gasteiger partial charge is 0.367 e. The predicted molar refractivity (Wildman–Crippen MR) is 74.7 cm³/mol. The molecule has 0 saturated carbocycles. The summed E-state index contributed by atoms with van der Waals surface area (Å²) in [5.74, 6) is 0. The van der Waals surface area contributed by atoms with Gasteiger partial charge in [0.2, 0.25) is 0 Å². The molecule has 1 aromatic rings. The molecule has 1 heterocycles. The van der Waals surface area contributed by atoms with Crippen molar-refractivity contribution in [3.05, 3.63) is 29.8 Å². The van der Waals surface area contributed by atoms with Gasteiger partial charge in [0.1, 0.15) is 0 Å². The Morgan fingerprint density at radius 3 is 2.82 bits per heavy atom. The number of anilines is 1. The molecule has 2 heteroatoms. The SMILES string of the molecule is CCNC(CC)CN1c2ccccc2CC1C. The summed E-state index contributed by atoms with van der Waals surface area (Å²) in [6, 6.07) is 10.1. The maximum atomic E-state index is 3.57. The van der Waals surface area contributed by atoms with Gasteiger partial charge in [0.05, 0.1) is 0 Å². The van der Waals surface area contributed by atoms with Crippen LogP contribution < -0.4 is 10.2 Å². The van der Waals surface area contributed by atoms with Crippen molar-refractivity contribution in [2.45, 2.75) is 45.7 Å². The molecule has 0 aliphatic carbocycles. The van der Waals surface area contributed by atoms with E-state index in [-0.39, 0.29) is 0 Å². The van der Waals surface area contributed by atoms with E-state index in [4.69, 9.17) is 0 Å². The summed E-state index contributed by atoms with van der Waals surface area (Å²) in [6.45, 7) is 8.97. The van der Waals surface area contributed by atoms with Crippen molar-refractivity contribution < 1.29 is 0 Å². The van der Waals surface area contributed by atoms with E-state index in [0.717, 1.165) is 13.1 Å². The van der Waals surface area contributed by atoms with Crippen molar-refractivity contribution in [3.8, 4) is 0 Å². The maximum Gasteiger partial charge on any atom is 0.0402 e. The molecule has 1 aliphatic rings. The van der Waals surface area contributed by atoms with Gasteiger partial charge in [-0.3, -0.25) is 0 Å². The van der Waals surface area contributed by atoms with Crippen molar-refractivity contribution in [1.29, 1.82) is 0 Å². The third-order valence-corrected chi connectivity index (χ3v) is 3.75.